The van der Waals surface area contributed by atoms with E-state index in [1.165, 1.54) is 6.92 Å². The summed E-state index contributed by atoms with van der Waals surface area (Å²) in [6.45, 7) is 3.67. The second-order valence-electron chi connectivity index (χ2n) is 5.29. The van der Waals surface area contributed by atoms with Crippen LogP contribution in [0.15, 0.2) is 0 Å². The number of nitrogens with zero attached hydrogens (tertiary/aromatic N) is 1. The van der Waals surface area contributed by atoms with Gasteiger partial charge in [0.05, 0.1) is 25.7 Å². The van der Waals surface area contributed by atoms with Gasteiger partial charge in [0.2, 0.25) is 6.29 Å². The first-order valence-electron chi connectivity index (χ1n) is 7.88. The van der Waals surface area contributed by atoms with Crippen molar-refractivity contribution in [1.29, 1.82) is 0 Å². The Balaban J connectivity index is 4.45. The van der Waals surface area contributed by atoms with E-state index in [1.54, 1.807) is 11.8 Å². The lowest BCUT2D eigenvalue weighted by molar-refractivity contribution is -0.180. The van der Waals surface area contributed by atoms with Crippen LogP contribution in [0.3, 0.4) is 0 Å². The number of carbonyl (C=O) groups excluding carboxylic acids is 2. The van der Waals surface area contributed by atoms with Crippen molar-refractivity contribution in [2.45, 2.75) is 38.7 Å². The summed E-state index contributed by atoms with van der Waals surface area (Å²) in [5.74, 6) is -2.03. The van der Waals surface area contributed by atoms with Crippen LogP contribution in [0, 0.1) is 0 Å². The van der Waals surface area contributed by atoms with Gasteiger partial charge in [-0.15, -0.1) is 0 Å². The predicted octanol–water partition coefficient (Wildman–Crippen LogP) is -0.670. The van der Waals surface area contributed by atoms with E-state index in [4.69, 9.17) is 19.7 Å². The number of hydrogen-bond acceptors (Lipinski definition) is 9. The number of rotatable bonds is 17. The Morgan fingerprint density at radius 3 is 2.15 bits per heavy atom. The number of aliphatic carboxylic acids is 2. The van der Waals surface area contributed by atoms with E-state index in [-0.39, 0.29) is 52.3 Å². The van der Waals surface area contributed by atoms with Gasteiger partial charge in [0, 0.05) is 13.1 Å². The molecule has 2 N–H and O–H groups in total. The molecule has 0 fully saturated rings. The lowest BCUT2D eigenvalue weighted by atomic mass is 10.2. The van der Waals surface area contributed by atoms with Gasteiger partial charge in [0.1, 0.15) is 6.04 Å². The van der Waals surface area contributed by atoms with Gasteiger partial charge in [-0.3, -0.25) is 24.1 Å². The van der Waals surface area contributed by atoms with E-state index in [0.29, 0.717) is 0 Å². The van der Waals surface area contributed by atoms with Gasteiger partial charge in [-0.05, 0) is 13.8 Å². The Morgan fingerprint density at radius 1 is 1.04 bits per heavy atom. The van der Waals surface area contributed by atoms with Crippen LogP contribution in [-0.2, 0) is 38.1 Å². The number of carboxylic acids is 2. The predicted molar refractivity (Wildman–Crippen MR) is 85.2 cm³/mol. The van der Waals surface area contributed by atoms with Crippen molar-refractivity contribution in [1.82, 2.24) is 4.90 Å². The maximum atomic E-state index is 11.2. The lowest BCUT2D eigenvalue weighted by Gasteiger charge is -2.27. The summed E-state index contributed by atoms with van der Waals surface area (Å²) < 4.78 is 19.6. The molecule has 0 aromatic heterocycles. The van der Waals surface area contributed by atoms with Crippen LogP contribution >= 0.6 is 0 Å². The first-order valence-corrected chi connectivity index (χ1v) is 7.88. The van der Waals surface area contributed by atoms with Crippen molar-refractivity contribution < 1.29 is 48.3 Å². The summed E-state index contributed by atoms with van der Waals surface area (Å²) in [4.78, 5) is 43.8. The fraction of sp³-hybridized carbons (Fsp3) is 0.733. The van der Waals surface area contributed by atoms with Crippen LogP contribution in [-0.4, -0.2) is 91.3 Å². The fourth-order valence-electron chi connectivity index (χ4n) is 1.94. The van der Waals surface area contributed by atoms with Crippen LogP contribution in [0.1, 0.15) is 20.3 Å². The molecule has 11 heteroatoms. The quantitative estimate of drug-likeness (QED) is 0.245. The molecule has 150 valence electrons. The highest BCUT2D eigenvalue weighted by molar-refractivity contribution is 5.72. The summed E-state index contributed by atoms with van der Waals surface area (Å²) in [5.41, 5.74) is 0. The molecule has 0 aliphatic carbocycles. The van der Waals surface area contributed by atoms with Gasteiger partial charge >= 0.3 is 11.9 Å². The zero-order valence-corrected chi connectivity index (χ0v) is 14.7. The molecule has 0 saturated heterocycles. The highest BCUT2D eigenvalue weighted by Crippen LogP contribution is 2.04. The van der Waals surface area contributed by atoms with E-state index in [0.717, 1.165) is 0 Å². The van der Waals surface area contributed by atoms with Gasteiger partial charge in [-0.25, -0.2) is 0 Å². The Bertz CT molecular complexity index is 444. The normalized spacial score (nSPS) is 14.3. The Labute approximate surface area is 150 Å². The average molecular weight is 379 g/mol. The summed E-state index contributed by atoms with van der Waals surface area (Å²) in [6, 6.07) is -0.839. The molecule has 26 heavy (non-hydrogen) atoms. The first-order chi connectivity index (χ1) is 12.3. The van der Waals surface area contributed by atoms with Crippen molar-refractivity contribution in [3.63, 3.8) is 0 Å². The Hall–Kier alpha value is -2.24. The minimum atomic E-state index is -1.09. The topological polar surface area (TPSA) is 149 Å². The second kappa shape index (κ2) is 14.0. The van der Waals surface area contributed by atoms with E-state index in [1.807, 2.05) is 0 Å². The zero-order chi connectivity index (χ0) is 19.9. The van der Waals surface area contributed by atoms with Gasteiger partial charge in [-0.1, -0.05) is 0 Å². The van der Waals surface area contributed by atoms with E-state index < -0.39 is 30.4 Å². The van der Waals surface area contributed by atoms with Crippen molar-refractivity contribution in [2.75, 3.05) is 32.9 Å². The van der Waals surface area contributed by atoms with Crippen LogP contribution in [0.25, 0.3) is 0 Å². The molecule has 3 atom stereocenters. The molecule has 0 spiro atoms. The molecule has 0 saturated carbocycles. The number of carboxylic acid groups (broad SMARTS) is 2. The molecule has 0 aromatic rings. The third-order valence-corrected chi connectivity index (χ3v) is 3.34. The zero-order valence-electron chi connectivity index (χ0n) is 14.7. The Kier molecular flexibility index (Phi) is 12.8. The first kappa shape index (κ1) is 23.8. The summed E-state index contributed by atoms with van der Waals surface area (Å²) >= 11 is 0. The van der Waals surface area contributed by atoms with Gasteiger partial charge in [0.25, 0.3) is 12.9 Å². The molecule has 0 radical (unpaired) electrons. The molecule has 0 heterocycles. The van der Waals surface area contributed by atoms with Crippen molar-refractivity contribution >= 4 is 24.9 Å². The highest BCUT2D eigenvalue weighted by atomic mass is 16.7. The molecule has 0 amide bonds. The molecule has 11 nitrogen and oxygen atoms in total. The minimum Gasteiger partial charge on any atom is -0.481 e. The molecule has 0 aliphatic heterocycles. The average Bonchev–Trinajstić information content (AvgIpc) is 2.56. The third-order valence-electron chi connectivity index (χ3n) is 3.34. The standard InChI is InChI=1S/C15H25NO10/c1-11(7-13(19)20)24-5-3-16(12(2)15(21)22)4-6-25-14(26-10-18)8-23-9-17/h9-12,14H,3-8H2,1-2H3,(H,19,20)(H,21,22). The largest absolute Gasteiger partial charge is 0.481 e. The number of carbonyl (C=O) groups is 4. The molecular weight excluding hydrogens is 354 g/mol. The van der Waals surface area contributed by atoms with E-state index in [2.05, 4.69) is 9.47 Å². The van der Waals surface area contributed by atoms with Crippen molar-refractivity contribution in [3.05, 3.63) is 0 Å². The van der Waals surface area contributed by atoms with Gasteiger partial charge in [0.15, 0.2) is 6.61 Å². The monoisotopic (exact) mass is 379 g/mol. The second-order valence-corrected chi connectivity index (χ2v) is 5.29. The summed E-state index contributed by atoms with van der Waals surface area (Å²) in [7, 11) is 0. The maximum absolute atomic E-state index is 11.2. The number of ether oxygens (including phenoxy) is 4. The highest BCUT2D eigenvalue weighted by Gasteiger charge is 2.21. The summed E-state index contributed by atoms with van der Waals surface area (Å²) in [6.07, 6.45) is -1.75. The van der Waals surface area contributed by atoms with E-state index in [9.17, 15) is 19.2 Å². The molecule has 0 bridgehead atoms. The fourth-order valence-corrected chi connectivity index (χ4v) is 1.94. The lowest BCUT2D eigenvalue weighted by Crippen LogP contribution is -2.43. The Morgan fingerprint density at radius 2 is 1.65 bits per heavy atom. The van der Waals surface area contributed by atoms with Gasteiger partial charge in [-0.2, -0.15) is 0 Å². The van der Waals surface area contributed by atoms with Crippen LogP contribution < -0.4 is 0 Å². The molecule has 0 aromatic carbocycles. The maximum Gasteiger partial charge on any atom is 0.320 e. The smallest absolute Gasteiger partial charge is 0.320 e. The molecule has 0 aliphatic rings. The molecule has 3 unspecified atom stereocenters. The van der Waals surface area contributed by atoms with Crippen molar-refractivity contribution in [2.24, 2.45) is 0 Å². The molecular formula is C15H25NO10. The van der Waals surface area contributed by atoms with Crippen LogP contribution in [0.5, 0.6) is 0 Å². The van der Waals surface area contributed by atoms with Gasteiger partial charge < -0.3 is 29.2 Å². The van der Waals surface area contributed by atoms with Crippen LogP contribution in [0.2, 0.25) is 0 Å². The van der Waals surface area contributed by atoms with Crippen LogP contribution in [0.4, 0.5) is 0 Å². The van der Waals surface area contributed by atoms with Crippen molar-refractivity contribution in [3.8, 4) is 0 Å². The SMILES string of the molecule is CC(CC(=O)O)OCCN(CCOC(COC=O)OC=O)C(C)C(=O)O. The third kappa shape index (κ3) is 11.3. The number of hydrogen-bond donors (Lipinski definition) is 2. The summed E-state index contributed by atoms with van der Waals surface area (Å²) in [5, 5.41) is 17.8. The van der Waals surface area contributed by atoms with E-state index >= 15 is 0 Å². The minimum absolute atomic E-state index is 0.00300. The molecule has 0 rings (SSSR count).